The van der Waals surface area contributed by atoms with Crippen LogP contribution in [-0.4, -0.2) is 18.7 Å². The lowest BCUT2D eigenvalue weighted by molar-refractivity contribution is -0.122. The van der Waals surface area contributed by atoms with E-state index < -0.39 is 0 Å². The number of ether oxygens (including phenoxy) is 2. The molecule has 2 rings (SSSR count). The second kappa shape index (κ2) is 5.71. The Hall–Kier alpha value is -1.75. The molecule has 0 saturated carbocycles. The lowest BCUT2D eigenvalue weighted by Crippen LogP contribution is -2.40. The molecule has 1 aliphatic rings. The van der Waals surface area contributed by atoms with Crippen molar-refractivity contribution in [2.75, 3.05) is 6.79 Å². The van der Waals surface area contributed by atoms with Gasteiger partial charge in [-0.05, 0) is 11.5 Å². The molecular formula is C15H22N2O3. The molecule has 0 spiro atoms. The van der Waals surface area contributed by atoms with Gasteiger partial charge < -0.3 is 20.5 Å². The maximum atomic E-state index is 11.9. The molecular weight excluding hydrogens is 256 g/mol. The van der Waals surface area contributed by atoms with E-state index in [0.717, 1.165) is 11.3 Å². The second-order valence-electron chi connectivity index (χ2n) is 6.10. The summed E-state index contributed by atoms with van der Waals surface area (Å²) in [6.07, 6.45) is 0.315. The van der Waals surface area contributed by atoms with Crippen LogP contribution in [0.3, 0.4) is 0 Å². The van der Waals surface area contributed by atoms with E-state index >= 15 is 0 Å². The van der Waals surface area contributed by atoms with E-state index in [0.29, 0.717) is 18.7 Å². The van der Waals surface area contributed by atoms with Gasteiger partial charge in [0.05, 0.1) is 0 Å². The molecule has 0 saturated heterocycles. The fourth-order valence-corrected chi connectivity index (χ4v) is 1.90. The molecule has 20 heavy (non-hydrogen) atoms. The molecule has 0 bridgehead atoms. The van der Waals surface area contributed by atoms with E-state index in [1.807, 2.05) is 39.0 Å². The Bertz CT molecular complexity index is 494. The summed E-state index contributed by atoms with van der Waals surface area (Å²) < 4.78 is 10.7. The number of hydrogen-bond acceptors (Lipinski definition) is 4. The summed E-state index contributed by atoms with van der Waals surface area (Å²) in [7, 11) is 0. The molecule has 1 aliphatic heterocycles. The highest BCUT2D eigenvalue weighted by molar-refractivity contribution is 5.76. The number of carbonyl (C=O) groups excluding carboxylic acids is 1. The van der Waals surface area contributed by atoms with Gasteiger partial charge in [-0.15, -0.1) is 0 Å². The Balaban J connectivity index is 1.90. The molecule has 0 radical (unpaired) electrons. The number of carbonyl (C=O) groups is 1. The highest BCUT2D eigenvalue weighted by atomic mass is 16.7. The monoisotopic (exact) mass is 278 g/mol. The van der Waals surface area contributed by atoms with E-state index in [4.69, 9.17) is 15.2 Å². The van der Waals surface area contributed by atoms with E-state index in [1.165, 1.54) is 0 Å². The summed E-state index contributed by atoms with van der Waals surface area (Å²) in [5.74, 6) is 1.39. The fourth-order valence-electron chi connectivity index (χ4n) is 1.90. The van der Waals surface area contributed by atoms with Gasteiger partial charge in [-0.2, -0.15) is 0 Å². The van der Waals surface area contributed by atoms with Gasteiger partial charge in [0.25, 0.3) is 0 Å². The first-order chi connectivity index (χ1) is 9.38. The molecule has 0 fully saturated rings. The third-order valence-corrected chi connectivity index (χ3v) is 3.47. The van der Waals surface area contributed by atoms with Crippen molar-refractivity contribution in [3.05, 3.63) is 23.8 Å². The Kier molecular flexibility index (Phi) is 4.18. The van der Waals surface area contributed by atoms with Crippen LogP contribution in [0.1, 0.15) is 32.8 Å². The van der Waals surface area contributed by atoms with Crippen LogP contribution in [0.2, 0.25) is 0 Å². The zero-order valence-electron chi connectivity index (χ0n) is 12.2. The Labute approximate surface area is 119 Å². The van der Waals surface area contributed by atoms with Gasteiger partial charge in [0.2, 0.25) is 12.7 Å². The van der Waals surface area contributed by atoms with Gasteiger partial charge in [0.15, 0.2) is 11.5 Å². The van der Waals surface area contributed by atoms with Crippen LogP contribution < -0.4 is 20.5 Å². The SMILES string of the molecule is CC(C)(C)C(N)CC(=O)NCc1cccc2c1OCO2. The molecule has 1 aromatic carbocycles. The zero-order chi connectivity index (χ0) is 14.8. The van der Waals surface area contributed by atoms with Crippen molar-refractivity contribution in [1.29, 1.82) is 0 Å². The number of fused-ring (bicyclic) bond motifs is 1. The van der Waals surface area contributed by atoms with Gasteiger partial charge in [-0.3, -0.25) is 4.79 Å². The van der Waals surface area contributed by atoms with Crippen molar-refractivity contribution in [3.8, 4) is 11.5 Å². The predicted molar refractivity (Wildman–Crippen MR) is 76.5 cm³/mol. The van der Waals surface area contributed by atoms with Gasteiger partial charge in [-0.25, -0.2) is 0 Å². The number of para-hydroxylation sites is 1. The van der Waals surface area contributed by atoms with Crippen LogP contribution in [0.4, 0.5) is 0 Å². The third kappa shape index (κ3) is 3.42. The van der Waals surface area contributed by atoms with Gasteiger partial charge in [0, 0.05) is 24.6 Å². The quantitative estimate of drug-likeness (QED) is 0.880. The smallest absolute Gasteiger partial charge is 0.231 e. The summed E-state index contributed by atoms with van der Waals surface area (Å²) in [6, 6.07) is 5.49. The lowest BCUT2D eigenvalue weighted by Gasteiger charge is -2.26. The number of nitrogens with two attached hydrogens (primary N) is 1. The number of amides is 1. The van der Waals surface area contributed by atoms with Crippen molar-refractivity contribution in [3.63, 3.8) is 0 Å². The maximum absolute atomic E-state index is 11.9. The Morgan fingerprint density at radius 2 is 2.15 bits per heavy atom. The molecule has 1 amide bonds. The summed E-state index contributed by atoms with van der Waals surface area (Å²) in [5, 5.41) is 2.88. The molecule has 1 aromatic rings. The largest absolute Gasteiger partial charge is 0.454 e. The summed E-state index contributed by atoms with van der Waals surface area (Å²) in [4.78, 5) is 11.9. The van der Waals surface area contributed by atoms with Crippen LogP contribution in [0.15, 0.2) is 18.2 Å². The van der Waals surface area contributed by atoms with Gasteiger partial charge in [0.1, 0.15) is 0 Å². The van der Waals surface area contributed by atoms with Crippen LogP contribution in [0.5, 0.6) is 11.5 Å². The van der Waals surface area contributed by atoms with Crippen molar-refractivity contribution >= 4 is 5.91 Å². The van der Waals surface area contributed by atoms with Crippen molar-refractivity contribution in [2.45, 2.75) is 39.8 Å². The number of hydrogen-bond donors (Lipinski definition) is 2. The van der Waals surface area contributed by atoms with Gasteiger partial charge >= 0.3 is 0 Å². The summed E-state index contributed by atoms with van der Waals surface area (Å²) in [6.45, 7) is 6.73. The van der Waals surface area contributed by atoms with Crippen molar-refractivity contribution < 1.29 is 14.3 Å². The van der Waals surface area contributed by atoms with E-state index in [-0.39, 0.29) is 24.2 Å². The van der Waals surface area contributed by atoms with Gasteiger partial charge in [-0.1, -0.05) is 32.9 Å². The van der Waals surface area contributed by atoms with Crippen molar-refractivity contribution in [2.24, 2.45) is 11.1 Å². The average Bonchev–Trinajstić information content (AvgIpc) is 2.83. The normalized spacial score (nSPS) is 15.0. The van der Waals surface area contributed by atoms with Crippen molar-refractivity contribution in [1.82, 2.24) is 5.32 Å². The molecule has 0 aliphatic carbocycles. The molecule has 1 unspecified atom stereocenters. The molecule has 0 aromatic heterocycles. The van der Waals surface area contributed by atoms with Crippen LogP contribution >= 0.6 is 0 Å². The molecule has 3 N–H and O–H groups in total. The molecule has 5 heteroatoms. The van der Waals surface area contributed by atoms with Crippen LogP contribution in [0.25, 0.3) is 0 Å². The Morgan fingerprint density at radius 3 is 2.85 bits per heavy atom. The first-order valence-electron chi connectivity index (χ1n) is 6.77. The second-order valence-corrected chi connectivity index (χ2v) is 6.10. The Morgan fingerprint density at radius 1 is 1.40 bits per heavy atom. The topological polar surface area (TPSA) is 73.6 Å². The number of nitrogens with one attached hydrogen (secondary N) is 1. The first kappa shape index (κ1) is 14.7. The van der Waals surface area contributed by atoms with Crippen LogP contribution in [0, 0.1) is 5.41 Å². The number of benzene rings is 1. The minimum Gasteiger partial charge on any atom is -0.454 e. The molecule has 1 atom stereocenters. The van der Waals surface area contributed by atoms with E-state index in [1.54, 1.807) is 0 Å². The highest BCUT2D eigenvalue weighted by Gasteiger charge is 2.23. The summed E-state index contributed by atoms with van der Waals surface area (Å²) in [5.41, 5.74) is 6.84. The number of rotatable bonds is 4. The average molecular weight is 278 g/mol. The fraction of sp³-hybridized carbons (Fsp3) is 0.533. The minimum absolute atomic E-state index is 0.0519. The standard InChI is InChI=1S/C15H22N2O3/c1-15(2,3)12(16)7-13(18)17-8-10-5-4-6-11-14(10)20-9-19-11/h4-6,12H,7-9,16H2,1-3H3,(H,17,18). The minimum atomic E-state index is -0.163. The summed E-state index contributed by atoms with van der Waals surface area (Å²) >= 11 is 0. The maximum Gasteiger partial charge on any atom is 0.231 e. The molecule has 1 heterocycles. The first-order valence-corrected chi connectivity index (χ1v) is 6.77. The predicted octanol–water partition coefficient (Wildman–Crippen LogP) is 1.79. The molecule has 110 valence electrons. The van der Waals surface area contributed by atoms with Crippen LogP contribution in [-0.2, 0) is 11.3 Å². The third-order valence-electron chi connectivity index (χ3n) is 3.47. The van der Waals surface area contributed by atoms with E-state index in [2.05, 4.69) is 5.32 Å². The lowest BCUT2D eigenvalue weighted by atomic mass is 9.85. The van der Waals surface area contributed by atoms with E-state index in [9.17, 15) is 4.79 Å². The highest BCUT2D eigenvalue weighted by Crippen LogP contribution is 2.35. The molecule has 5 nitrogen and oxygen atoms in total. The zero-order valence-corrected chi connectivity index (χ0v) is 12.2.